The average molecular weight is 505 g/mol. The van der Waals surface area contributed by atoms with Crippen molar-refractivity contribution in [3.05, 3.63) is 65.0 Å². The Morgan fingerprint density at radius 3 is 2.86 bits per heavy atom. The number of carbonyl (C=O) groups excluding carboxylic acids is 1. The van der Waals surface area contributed by atoms with Gasteiger partial charge in [0.05, 0.1) is 17.1 Å². The Bertz CT molecular complexity index is 1310. The fraction of sp³-hybridized carbons (Fsp3) is 0.500. The Balaban J connectivity index is 1.25. The minimum Gasteiger partial charge on any atom is -0.504 e. The second-order valence-electron chi connectivity index (χ2n) is 11.7. The molecule has 6 nitrogen and oxygen atoms in total. The number of amides is 1. The lowest BCUT2D eigenvalue weighted by Crippen LogP contribution is -2.78. The highest BCUT2D eigenvalue weighted by molar-refractivity contribution is 5.92. The van der Waals surface area contributed by atoms with Crippen molar-refractivity contribution in [3.63, 3.8) is 0 Å². The van der Waals surface area contributed by atoms with Crippen LogP contribution in [0.15, 0.2) is 42.5 Å². The predicted octanol–water partition coefficient (Wildman–Crippen LogP) is 3.64. The van der Waals surface area contributed by atoms with Gasteiger partial charge in [0, 0.05) is 31.3 Å². The standard InChI is InChI=1S/C30H33FN2O4/c1-32(25(35)10-7-18-3-2-4-21(31)15-18)22-11-12-30(36)24-16-20-8-9-23(34)27-26(20)29(30,28(22)37-27)13-14-33(24)17-19-5-6-19/h2-4,7-10,15,19,22,24,28,34,36H,5-6,11-14,16-17H2,1H3/b10-7+/t22-,24-,28+,29+,30-/m1/s1. The summed E-state index contributed by atoms with van der Waals surface area (Å²) in [5.74, 6) is 0.774. The molecule has 37 heavy (non-hydrogen) atoms. The molecule has 194 valence electrons. The first-order valence-electron chi connectivity index (χ1n) is 13.5. The Labute approximate surface area is 216 Å². The third-order valence-corrected chi connectivity index (χ3v) is 9.84. The Morgan fingerprint density at radius 2 is 2.08 bits per heavy atom. The normalized spacial score (nSPS) is 33.8. The number of ether oxygens (including phenoxy) is 1. The molecule has 3 aliphatic carbocycles. The maximum atomic E-state index is 13.6. The molecule has 5 atom stereocenters. The maximum Gasteiger partial charge on any atom is 0.246 e. The monoisotopic (exact) mass is 504 g/mol. The molecule has 2 aromatic carbocycles. The van der Waals surface area contributed by atoms with E-state index in [9.17, 15) is 19.4 Å². The van der Waals surface area contributed by atoms with Gasteiger partial charge in [-0.3, -0.25) is 9.69 Å². The summed E-state index contributed by atoms with van der Waals surface area (Å²) in [6, 6.07) is 9.58. The summed E-state index contributed by atoms with van der Waals surface area (Å²) in [5.41, 5.74) is 1.09. The molecule has 1 spiro atoms. The number of phenols is 1. The number of rotatable bonds is 5. The van der Waals surface area contributed by atoms with Gasteiger partial charge in [0.1, 0.15) is 11.9 Å². The van der Waals surface area contributed by atoms with E-state index in [0.29, 0.717) is 24.2 Å². The van der Waals surface area contributed by atoms with Gasteiger partial charge < -0.3 is 19.8 Å². The molecule has 1 amide bonds. The second-order valence-corrected chi connectivity index (χ2v) is 11.7. The first-order chi connectivity index (χ1) is 17.8. The molecule has 7 heteroatoms. The number of hydrogen-bond donors (Lipinski definition) is 2. The van der Waals surface area contributed by atoms with Gasteiger partial charge in [-0.2, -0.15) is 0 Å². The van der Waals surface area contributed by atoms with E-state index >= 15 is 0 Å². The van der Waals surface area contributed by atoms with E-state index in [-0.39, 0.29) is 29.6 Å². The molecule has 7 rings (SSSR count). The minimum atomic E-state index is -0.978. The van der Waals surface area contributed by atoms with Crippen molar-refractivity contribution < 1.29 is 24.1 Å². The molecule has 1 saturated heterocycles. The molecule has 2 heterocycles. The topological polar surface area (TPSA) is 73.2 Å². The summed E-state index contributed by atoms with van der Waals surface area (Å²) in [7, 11) is 1.78. The van der Waals surface area contributed by atoms with Crippen molar-refractivity contribution >= 4 is 12.0 Å². The number of nitrogens with zero attached hydrogens (tertiary/aromatic N) is 2. The molecular weight excluding hydrogens is 471 g/mol. The van der Waals surface area contributed by atoms with Gasteiger partial charge in [0.25, 0.3) is 0 Å². The van der Waals surface area contributed by atoms with Crippen LogP contribution in [0.5, 0.6) is 11.5 Å². The number of piperidine rings is 1. The summed E-state index contributed by atoms with van der Waals surface area (Å²) in [4.78, 5) is 17.5. The van der Waals surface area contributed by atoms with Gasteiger partial charge in [-0.05, 0) is 86.4 Å². The Hall–Kier alpha value is -2.90. The molecule has 0 aromatic heterocycles. The lowest BCUT2D eigenvalue weighted by Gasteiger charge is -2.64. The molecule has 0 radical (unpaired) electrons. The largest absolute Gasteiger partial charge is 0.504 e. The fourth-order valence-corrected chi connectivity index (χ4v) is 7.91. The zero-order chi connectivity index (χ0) is 25.5. The van der Waals surface area contributed by atoms with Crippen molar-refractivity contribution in [1.29, 1.82) is 0 Å². The molecule has 5 aliphatic rings. The molecule has 2 N–H and O–H groups in total. The van der Waals surface area contributed by atoms with E-state index in [0.717, 1.165) is 43.0 Å². The first kappa shape index (κ1) is 23.2. The van der Waals surface area contributed by atoms with Crippen molar-refractivity contribution in [2.24, 2.45) is 5.92 Å². The molecule has 0 unspecified atom stereocenters. The van der Waals surface area contributed by atoms with Crippen LogP contribution >= 0.6 is 0 Å². The molecule has 2 saturated carbocycles. The second kappa shape index (κ2) is 8.05. The highest BCUT2D eigenvalue weighted by Gasteiger charge is 2.73. The zero-order valence-corrected chi connectivity index (χ0v) is 21.1. The Kier molecular flexibility index (Phi) is 5.05. The minimum absolute atomic E-state index is 0.00535. The molecule has 2 bridgehead atoms. The van der Waals surface area contributed by atoms with Crippen LogP contribution in [-0.4, -0.2) is 69.8 Å². The lowest BCUT2D eigenvalue weighted by atomic mass is 9.48. The smallest absolute Gasteiger partial charge is 0.246 e. The van der Waals surface area contributed by atoms with Crippen LogP contribution in [0.1, 0.15) is 48.8 Å². The van der Waals surface area contributed by atoms with E-state index in [2.05, 4.69) is 4.90 Å². The number of aliphatic hydroxyl groups is 1. The quantitative estimate of drug-likeness (QED) is 0.609. The summed E-state index contributed by atoms with van der Waals surface area (Å²) >= 11 is 0. The fourth-order valence-electron chi connectivity index (χ4n) is 7.91. The zero-order valence-electron chi connectivity index (χ0n) is 21.1. The highest BCUT2D eigenvalue weighted by Crippen LogP contribution is 2.66. The number of likely N-dealkylation sites (N-methyl/N-ethyl adjacent to an activating group) is 1. The van der Waals surface area contributed by atoms with Crippen molar-refractivity contribution in [1.82, 2.24) is 9.80 Å². The van der Waals surface area contributed by atoms with Gasteiger partial charge in [-0.15, -0.1) is 0 Å². The summed E-state index contributed by atoms with van der Waals surface area (Å²) in [6.45, 7) is 1.91. The first-order valence-corrected chi connectivity index (χ1v) is 13.5. The van der Waals surface area contributed by atoms with Crippen LogP contribution < -0.4 is 4.74 Å². The predicted molar refractivity (Wildman–Crippen MR) is 137 cm³/mol. The van der Waals surface area contributed by atoms with Crippen LogP contribution in [-0.2, 0) is 16.6 Å². The van der Waals surface area contributed by atoms with Gasteiger partial charge in [0.2, 0.25) is 5.91 Å². The highest BCUT2D eigenvalue weighted by atomic mass is 19.1. The number of likely N-dealkylation sites (tertiary alicyclic amines) is 1. The van der Waals surface area contributed by atoms with E-state index in [1.807, 2.05) is 6.07 Å². The van der Waals surface area contributed by atoms with Crippen molar-refractivity contribution in [3.8, 4) is 11.5 Å². The SMILES string of the molecule is CN(C(=O)/C=C/c1cccc(F)c1)[C@@H]1CC[C@@]2(O)[C@H]3Cc4ccc(O)c5c4[C@@]2(CCN3CC2CC2)[C@H]1O5. The molecule has 2 aromatic rings. The lowest BCUT2D eigenvalue weighted by molar-refractivity contribution is -0.200. The Morgan fingerprint density at radius 1 is 1.24 bits per heavy atom. The number of benzene rings is 2. The average Bonchev–Trinajstić information content (AvgIpc) is 3.62. The van der Waals surface area contributed by atoms with Crippen LogP contribution in [0.3, 0.4) is 0 Å². The van der Waals surface area contributed by atoms with Gasteiger partial charge in [0.15, 0.2) is 11.5 Å². The van der Waals surface area contributed by atoms with Gasteiger partial charge in [-0.1, -0.05) is 18.2 Å². The molecule has 2 aliphatic heterocycles. The molecular formula is C30H33FN2O4. The third-order valence-electron chi connectivity index (χ3n) is 9.84. The van der Waals surface area contributed by atoms with Crippen LogP contribution in [0.25, 0.3) is 6.08 Å². The summed E-state index contributed by atoms with van der Waals surface area (Å²) in [5, 5.41) is 23.4. The van der Waals surface area contributed by atoms with E-state index in [1.165, 1.54) is 31.1 Å². The number of aromatic hydroxyl groups is 1. The third kappa shape index (κ3) is 3.26. The van der Waals surface area contributed by atoms with Gasteiger partial charge >= 0.3 is 0 Å². The van der Waals surface area contributed by atoms with Crippen LogP contribution in [0, 0.1) is 11.7 Å². The van der Waals surface area contributed by atoms with Crippen molar-refractivity contribution in [2.75, 3.05) is 20.1 Å². The number of phenolic OH excluding ortho intramolecular Hbond substituents is 1. The molecule has 3 fully saturated rings. The number of hydrogen-bond acceptors (Lipinski definition) is 5. The summed E-state index contributed by atoms with van der Waals surface area (Å²) < 4.78 is 20.2. The summed E-state index contributed by atoms with van der Waals surface area (Å²) in [6.07, 6.45) is 7.85. The maximum absolute atomic E-state index is 13.6. The van der Waals surface area contributed by atoms with Crippen LogP contribution in [0.4, 0.5) is 4.39 Å². The van der Waals surface area contributed by atoms with Crippen LogP contribution in [0.2, 0.25) is 0 Å². The van der Waals surface area contributed by atoms with E-state index in [4.69, 9.17) is 4.74 Å². The number of halogens is 1. The van der Waals surface area contributed by atoms with E-state index < -0.39 is 17.1 Å². The van der Waals surface area contributed by atoms with E-state index in [1.54, 1.807) is 36.2 Å². The van der Waals surface area contributed by atoms with Crippen molar-refractivity contribution in [2.45, 2.75) is 67.7 Å². The van der Waals surface area contributed by atoms with Gasteiger partial charge in [-0.25, -0.2) is 4.39 Å². The number of carbonyl (C=O) groups is 1.